The number of ketones is 2. The third-order valence-corrected chi connectivity index (χ3v) is 5.51. The number of ether oxygens (including phenoxy) is 2. The lowest BCUT2D eigenvalue weighted by Gasteiger charge is -2.23. The minimum absolute atomic E-state index is 0.0861. The number of carbonyl (C=O) groups excluding carboxylic acids is 3. The molecule has 7 heteroatoms. The second-order valence-electron chi connectivity index (χ2n) is 7.77. The number of hydrogen-bond donors (Lipinski definition) is 2. The van der Waals surface area contributed by atoms with Crippen LogP contribution in [0.4, 0.5) is 5.69 Å². The first-order chi connectivity index (χ1) is 16.5. The van der Waals surface area contributed by atoms with E-state index in [1.54, 1.807) is 42.5 Å². The molecule has 0 bridgehead atoms. The monoisotopic (exact) mass is 456 g/mol. The quantitative estimate of drug-likeness (QED) is 0.536. The maximum Gasteiger partial charge on any atom is 0.247 e. The molecule has 7 nitrogen and oxygen atoms in total. The van der Waals surface area contributed by atoms with Crippen molar-refractivity contribution in [2.24, 2.45) is 0 Å². The van der Waals surface area contributed by atoms with Gasteiger partial charge >= 0.3 is 0 Å². The number of anilines is 1. The van der Waals surface area contributed by atoms with Gasteiger partial charge in [-0.25, -0.2) is 0 Å². The van der Waals surface area contributed by atoms with Gasteiger partial charge in [0.05, 0.1) is 19.9 Å². The molecule has 1 aliphatic carbocycles. The van der Waals surface area contributed by atoms with Gasteiger partial charge in [-0.1, -0.05) is 54.6 Å². The van der Waals surface area contributed by atoms with E-state index in [0.717, 1.165) is 5.56 Å². The van der Waals surface area contributed by atoms with Crippen molar-refractivity contribution in [1.29, 1.82) is 0 Å². The topological polar surface area (TPSA) is 93.7 Å². The lowest BCUT2D eigenvalue weighted by molar-refractivity contribution is -0.117. The Labute approximate surface area is 197 Å². The van der Waals surface area contributed by atoms with Gasteiger partial charge in [0.25, 0.3) is 0 Å². The standard InChI is InChI=1S/C27H24N2O5/c1-33-19-13-18(14-20(15-19)34-2)28-27(32)24(12-17-8-4-3-5-9-17)29-23-16-25(30)21-10-6-7-11-22(21)26(23)31/h3-11,13-16,24,29H,12H2,1-2H3,(H,28,32)/t24-/m1/s1. The number of nitrogens with one attached hydrogen (secondary N) is 2. The Bertz CT molecular complexity index is 1240. The van der Waals surface area contributed by atoms with Crippen LogP contribution in [-0.4, -0.2) is 37.7 Å². The van der Waals surface area contributed by atoms with Crippen LogP contribution in [-0.2, 0) is 11.2 Å². The molecule has 0 radical (unpaired) electrons. The Balaban J connectivity index is 1.62. The molecule has 0 unspecified atom stereocenters. The average molecular weight is 456 g/mol. The van der Waals surface area contributed by atoms with Crippen LogP contribution in [0.3, 0.4) is 0 Å². The molecule has 2 N–H and O–H groups in total. The molecule has 1 atom stereocenters. The van der Waals surface area contributed by atoms with Gasteiger partial charge in [-0.15, -0.1) is 0 Å². The molecular weight excluding hydrogens is 432 g/mol. The highest BCUT2D eigenvalue weighted by atomic mass is 16.5. The average Bonchev–Trinajstić information content (AvgIpc) is 2.87. The van der Waals surface area contributed by atoms with Crippen molar-refractivity contribution in [3.05, 3.63) is 101 Å². The van der Waals surface area contributed by atoms with Crippen molar-refractivity contribution in [2.45, 2.75) is 12.5 Å². The smallest absolute Gasteiger partial charge is 0.247 e. The van der Waals surface area contributed by atoms with E-state index in [0.29, 0.717) is 34.7 Å². The molecule has 0 aromatic heterocycles. The first-order valence-corrected chi connectivity index (χ1v) is 10.7. The summed E-state index contributed by atoms with van der Waals surface area (Å²) < 4.78 is 10.6. The third-order valence-electron chi connectivity index (χ3n) is 5.51. The molecule has 0 spiro atoms. The summed E-state index contributed by atoms with van der Waals surface area (Å²) in [6.45, 7) is 0. The van der Waals surface area contributed by atoms with Crippen LogP contribution < -0.4 is 20.1 Å². The van der Waals surface area contributed by atoms with Gasteiger partial charge in [-0.2, -0.15) is 0 Å². The molecule has 3 aromatic rings. The zero-order chi connectivity index (χ0) is 24.1. The zero-order valence-electron chi connectivity index (χ0n) is 18.8. The third kappa shape index (κ3) is 4.99. The van der Waals surface area contributed by atoms with Crippen molar-refractivity contribution < 1.29 is 23.9 Å². The second kappa shape index (κ2) is 10.0. The second-order valence-corrected chi connectivity index (χ2v) is 7.77. The zero-order valence-corrected chi connectivity index (χ0v) is 18.8. The summed E-state index contributed by atoms with van der Waals surface area (Å²) >= 11 is 0. The minimum Gasteiger partial charge on any atom is -0.497 e. The minimum atomic E-state index is -0.826. The van der Waals surface area contributed by atoms with Gasteiger partial charge in [0.1, 0.15) is 17.5 Å². The van der Waals surface area contributed by atoms with E-state index < -0.39 is 6.04 Å². The van der Waals surface area contributed by atoms with Gasteiger partial charge in [0.2, 0.25) is 11.7 Å². The normalized spacial score (nSPS) is 13.4. The fourth-order valence-corrected chi connectivity index (χ4v) is 3.78. The fraction of sp³-hybridized carbons (Fsp3) is 0.148. The Hall–Kier alpha value is -4.39. The summed E-state index contributed by atoms with van der Waals surface area (Å²) in [5.74, 6) is 0.0570. The molecule has 1 amide bonds. The van der Waals surface area contributed by atoms with Crippen molar-refractivity contribution in [2.75, 3.05) is 19.5 Å². The number of Topliss-reactive ketones (excluding diaryl/α,β-unsaturated/α-hetero) is 1. The fourth-order valence-electron chi connectivity index (χ4n) is 3.78. The number of carbonyl (C=O) groups is 3. The summed E-state index contributed by atoms with van der Waals surface area (Å²) in [7, 11) is 3.05. The Morgan fingerprint density at radius 1 is 0.853 bits per heavy atom. The molecule has 34 heavy (non-hydrogen) atoms. The SMILES string of the molecule is COc1cc(NC(=O)[C@@H](Cc2ccccc2)NC2=CC(=O)c3ccccc3C2=O)cc(OC)c1. The van der Waals surface area contributed by atoms with Crippen molar-refractivity contribution in [1.82, 2.24) is 5.32 Å². The van der Waals surface area contributed by atoms with Gasteiger partial charge in [0.15, 0.2) is 5.78 Å². The summed E-state index contributed by atoms with van der Waals surface area (Å²) in [4.78, 5) is 39.0. The Morgan fingerprint density at radius 3 is 2.12 bits per heavy atom. The highest BCUT2D eigenvalue weighted by Gasteiger charge is 2.29. The number of hydrogen-bond acceptors (Lipinski definition) is 6. The van der Waals surface area contributed by atoms with E-state index in [4.69, 9.17) is 9.47 Å². The van der Waals surface area contributed by atoms with E-state index in [9.17, 15) is 14.4 Å². The first kappa shape index (κ1) is 22.8. The van der Waals surface area contributed by atoms with Crippen LogP contribution in [0.1, 0.15) is 26.3 Å². The van der Waals surface area contributed by atoms with E-state index in [1.165, 1.54) is 20.3 Å². The molecular formula is C27H24N2O5. The number of rotatable bonds is 8. The number of amides is 1. The van der Waals surface area contributed by atoms with E-state index in [1.807, 2.05) is 30.3 Å². The number of allylic oxidation sites excluding steroid dienone is 2. The number of methoxy groups -OCH3 is 2. The van der Waals surface area contributed by atoms with E-state index in [2.05, 4.69) is 10.6 Å². The highest BCUT2D eigenvalue weighted by Crippen LogP contribution is 2.26. The summed E-state index contributed by atoms with van der Waals surface area (Å²) in [5.41, 5.74) is 2.13. The predicted octanol–water partition coefficient (Wildman–Crippen LogP) is 3.81. The largest absolute Gasteiger partial charge is 0.497 e. The molecule has 3 aromatic carbocycles. The van der Waals surface area contributed by atoms with Crippen LogP contribution in [0.15, 0.2) is 84.6 Å². The molecule has 172 valence electrons. The predicted molar refractivity (Wildman–Crippen MR) is 128 cm³/mol. The van der Waals surface area contributed by atoms with Crippen LogP contribution in [0.5, 0.6) is 11.5 Å². The molecule has 1 aliphatic rings. The van der Waals surface area contributed by atoms with Gasteiger partial charge in [-0.3, -0.25) is 14.4 Å². The van der Waals surface area contributed by atoms with Gasteiger partial charge < -0.3 is 20.1 Å². The first-order valence-electron chi connectivity index (χ1n) is 10.7. The summed E-state index contributed by atoms with van der Waals surface area (Å²) in [6.07, 6.45) is 1.55. The molecule has 0 fully saturated rings. The van der Waals surface area contributed by atoms with Crippen LogP contribution in [0, 0.1) is 0 Å². The maximum absolute atomic E-state index is 13.3. The maximum atomic E-state index is 13.3. The lowest BCUT2D eigenvalue weighted by atomic mass is 9.92. The van der Waals surface area contributed by atoms with E-state index >= 15 is 0 Å². The van der Waals surface area contributed by atoms with Crippen molar-refractivity contribution in [3.8, 4) is 11.5 Å². The Morgan fingerprint density at radius 2 is 1.47 bits per heavy atom. The van der Waals surface area contributed by atoms with Crippen LogP contribution >= 0.6 is 0 Å². The van der Waals surface area contributed by atoms with Crippen LogP contribution in [0.2, 0.25) is 0 Å². The highest BCUT2D eigenvalue weighted by molar-refractivity contribution is 6.24. The van der Waals surface area contributed by atoms with E-state index in [-0.39, 0.29) is 23.2 Å². The molecule has 0 saturated carbocycles. The molecule has 0 aliphatic heterocycles. The van der Waals surface area contributed by atoms with Gasteiger partial charge in [0, 0.05) is 47.5 Å². The summed E-state index contributed by atoms with van der Waals surface area (Å²) in [5, 5.41) is 5.88. The van der Waals surface area contributed by atoms with Crippen molar-refractivity contribution in [3.63, 3.8) is 0 Å². The molecule has 0 saturated heterocycles. The summed E-state index contributed by atoms with van der Waals surface area (Å²) in [6, 6.07) is 20.3. The number of benzene rings is 3. The Kier molecular flexibility index (Phi) is 6.73. The number of fused-ring (bicyclic) bond motifs is 1. The molecule has 0 heterocycles. The lowest BCUT2D eigenvalue weighted by Crippen LogP contribution is -2.44. The van der Waals surface area contributed by atoms with Crippen LogP contribution in [0.25, 0.3) is 0 Å². The molecule has 4 rings (SSSR count). The van der Waals surface area contributed by atoms with Gasteiger partial charge in [-0.05, 0) is 5.56 Å². The van der Waals surface area contributed by atoms with Crippen molar-refractivity contribution >= 4 is 23.2 Å².